The van der Waals surface area contributed by atoms with Crippen molar-refractivity contribution in [1.82, 2.24) is 5.16 Å². The maximum absolute atomic E-state index is 5.81. The number of aromatic nitrogens is 1. The predicted molar refractivity (Wildman–Crippen MR) is 64.8 cm³/mol. The van der Waals surface area contributed by atoms with Crippen molar-refractivity contribution in [2.75, 3.05) is 5.73 Å². The quantitative estimate of drug-likeness (QED) is 0.818. The van der Waals surface area contributed by atoms with E-state index in [0.717, 1.165) is 24.2 Å². The Morgan fingerprint density at radius 2 is 2.29 bits per heavy atom. The minimum Gasteiger partial charge on any atom is -0.490 e. The number of ether oxygens (including phenoxy) is 1. The number of rotatable bonds is 1. The fraction of sp³-hybridized carbons (Fsp3) is 0.308. The minimum absolute atomic E-state index is 0.276. The molecule has 1 atom stereocenters. The van der Waals surface area contributed by atoms with Crippen LogP contribution < -0.4 is 10.5 Å². The Balaban J connectivity index is 2.09. The van der Waals surface area contributed by atoms with E-state index in [9.17, 15) is 0 Å². The molecule has 2 N–H and O–H groups in total. The van der Waals surface area contributed by atoms with E-state index in [1.165, 1.54) is 5.56 Å². The largest absolute Gasteiger partial charge is 0.490 e. The van der Waals surface area contributed by atoms with Crippen LogP contribution in [0, 0.1) is 0 Å². The van der Waals surface area contributed by atoms with E-state index in [-0.39, 0.29) is 6.10 Å². The van der Waals surface area contributed by atoms with E-state index in [4.69, 9.17) is 15.0 Å². The Morgan fingerprint density at radius 1 is 1.41 bits per heavy atom. The molecule has 0 aliphatic carbocycles. The standard InChI is InChI=1S/C13H14N2O2/c1-8-5-6-10-9(3-2-4-11(10)16-8)12-7-13(14)15-17-12/h2-4,7-8H,5-6H2,1H3,(H2,14,15). The van der Waals surface area contributed by atoms with Crippen LogP contribution in [-0.2, 0) is 6.42 Å². The van der Waals surface area contributed by atoms with E-state index in [0.29, 0.717) is 11.6 Å². The van der Waals surface area contributed by atoms with Crippen LogP contribution in [0.2, 0.25) is 0 Å². The summed E-state index contributed by atoms with van der Waals surface area (Å²) in [5, 5.41) is 3.72. The molecule has 2 aromatic rings. The van der Waals surface area contributed by atoms with E-state index in [1.807, 2.05) is 18.2 Å². The zero-order valence-electron chi connectivity index (χ0n) is 9.64. The lowest BCUT2D eigenvalue weighted by molar-refractivity contribution is 0.192. The fourth-order valence-corrected chi connectivity index (χ4v) is 2.20. The molecule has 1 unspecified atom stereocenters. The molecule has 1 aliphatic heterocycles. The van der Waals surface area contributed by atoms with Gasteiger partial charge in [-0.3, -0.25) is 0 Å². The zero-order chi connectivity index (χ0) is 11.8. The first kappa shape index (κ1) is 10.2. The molecule has 0 saturated heterocycles. The van der Waals surface area contributed by atoms with E-state index < -0.39 is 0 Å². The summed E-state index contributed by atoms with van der Waals surface area (Å²) < 4.78 is 11.0. The normalized spacial score (nSPS) is 18.5. The number of fused-ring (bicyclic) bond motifs is 1. The third-order valence-corrected chi connectivity index (χ3v) is 3.06. The molecule has 0 saturated carbocycles. The summed E-state index contributed by atoms with van der Waals surface area (Å²) >= 11 is 0. The second-order valence-electron chi connectivity index (χ2n) is 4.37. The van der Waals surface area contributed by atoms with Crippen LogP contribution in [0.25, 0.3) is 11.3 Å². The lowest BCUT2D eigenvalue weighted by Crippen LogP contribution is -2.19. The minimum atomic E-state index is 0.276. The van der Waals surface area contributed by atoms with Gasteiger partial charge in [0.15, 0.2) is 11.6 Å². The lowest BCUT2D eigenvalue weighted by Gasteiger charge is -2.24. The smallest absolute Gasteiger partial charge is 0.169 e. The molecule has 2 heterocycles. The van der Waals surface area contributed by atoms with Gasteiger partial charge < -0.3 is 15.0 Å². The number of anilines is 1. The number of hydrogen-bond donors (Lipinski definition) is 1. The second-order valence-corrected chi connectivity index (χ2v) is 4.37. The summed E-state index contributed by atoms with van der Waals surface area (Å²) in [5.74, 6) is 2.05. The first-order valence-corrected chi connectivity index (χ1v) is 5.75. The van der Waals surface area contributed by atoms with Crippen LogP contribution in [0.15, 0.2) is 28.8 Å². The monoisotopic (exact) mass is 230 g/mol. The fourth-order valence-electron chi connectivity index (χ4n) is 2.20. The molecule has 1 aromatic heterocycles. The van der Waals surface area contributed by atoms with Crippen molar-refractivity contribution in [3.63, 3.8) is 0 Å². The summed E-state index contributed by atoms with van der Waals surface area (Å²) in [7, 11) is 0. The third-order valence-electron chi connectivity index (χ3n) is 3.06. The highest BCUT2D eigenvalue weighted by molar-refractivity contribution is 5.67. The van der Waals surface area contributed by atoms with Gasteiger partial charge >= 0.3 is 0 Å². The molecule has 0 spiro atoms. The highest BCUT2D eigenvalue weighted by Crippen LogP contribution is 2.36. The van der Waals surface area contributed by atoms with E-state index in [1.54, 1.807) is 6.07 Å². The third kappa shape index (κ3) is 1.75. The molecule has 0 bridgehead atoms. The van der Waals surface area contributed by atoms with Gasteiger partial charge in [-0.05, 0) is 25.8 Å². The van der Waals surface area contributed by atoms with Gasteiger partial charge in [-0.2, -0.15) is 0 Å². The maximum Gasteiger partial charge on any atom is 0.169 e. The van der Waals surface area contributed by atoms with Crippen LogP contribution in [0.5, 0.6) is 5.75 Å². The maximum atomic E-state index is 5.81. The van der Waals surface area contributed by atoms with Crippen LogP contribution in [0.4, 0.5) is 5.82 Å². The summed E-state index contributed by atoms with van der Waals surface area (Å²) in [5.41, 5.74) is 7.79. The second kappa shape index (κ2) is 3.80. The van der Waals surface area contributed by atoms with E-state index in [2.05, 4.69) is 12.1 Å². The van der Waals surface area contributed by atoms with Crippen molar-refractivity contribution in [2.24, 2.45) is 0 Å². The first-order chi connectivity index (χ1) is 8.24. The van der Waals surface area contributed by atoms with Gasteiger partial charge in [0, 0.05) is 17.2 Å². The van der Waals surface area contributed by atoms with E-state index >= 15 is 0 Å². The van der Waals surface area contributed by atoms with Crippen LogP contribution >= 0.6 is 0 Å². The van der Waals surface area contributed by atoms with Crippen molar-refractivity contribution in [3.05, 3.63) is 29.8 Å². The molecule has 17 heavy (non-hydrogen) atoms. The Labute approximate surface area is 99.4 Å². The molecule has 1 aromatic carbocycles. The predicted octanol–water partition coefficient (Wildman–Crippen LogP) is 2.64. The summed E-state index contributed by atoms with van der Waals surface area (Å²) in [4.78, 5) is 0. The lowest BCUT2D eigenvalue weighted by atomic mass is 9.96. The van der Waals surface area contributed by atoms with Gasteiger partial charge in [0.2, 0.25) is 0 Å². The topological polar surface area (TPSA) is 61.3 Å². The molecule has 0 fully saturated rings. The number of nitrogens with zero attached hydrogens (tertiary/aromatic N) is 1. The molecule has 88 valence electrons. The van der Waals surface area contributed by atoms with Gasteiger partial charge in [-0.15, -0.1) is 0 Å². The van der Waals surface area contributed by atoms with Crippen molar-refractivity contribution < 1.29 is 9.26 Å². The molecule has 0 radical (unpaired) electrons. The molecule has 1 aliphatic rings. The van der Waals surface area contributed by atoms with Gasteiger partial charge in [0.05, 0.1) is 6.10 Å². The molecular weight excluding hydrogens is 216 g/mol. The molecule has 0 amide bonds. The van der Waals surface area contributed by atoms with Crippen molar-refractivity contribution in [1.29, 1.82) is 0 Å². The van der Waals surface area contributed by atoms with Crippen LogP contribution in [-0.4, -0.2) is 11.3 Å². The summed E-state index contributed by atoms with van der Waals surface area (Å²) in [6.07, 6.45) is 2.29. The number of nitrogens with two attached hydrogens (primary N) is 1. The van der Waals surface area contributed by atoms with Crippen molar-refractivity contribution >= 4 is 5.82 Å². The van der Waals surface area contributed by atoms with Gasteiger partial charge in [0.1, 0.15) is 5.75 Å². The van der Waals surface area contributed by atoms with Crippen LogP contribution in [0.1, 0.15) is 18.9 Å². The molecular formula is C13H14N2O2. The Hall–Kier alpha value is -1.97. The Morgan fingerprint density at radius 3 is 3.06 bits per heavy atom. The molecule has 4 heteroatoms. The average Bonchev–Trinajstić information content (AvgIpc) is 2.74. The number of nitrogen functional groups attached to an aromatic ring is 1. The van der Waals surface area contributed by atoms with Gasteiger partial charge in [-0.25, -0.2) is 0 Å². The summed E-state index contributed by atoms with van der Waals surface area (Å²) in [6, 6.07) is 7.71. The highest BCUT2D eigenvalue weighted by Gasteiger charge is 2.20. The molecule has 4 nitrogen and oxygen atoms in total. The van der Waals surface area contributed by atoms with Crippen molar-refractivity contribution in [2.45, 2.75) is 25.9 Å². The Kier molecular flexibility index (Phi) is 2.28. The van der Waals surface area contributed by atoms with Gasteiger partial charge in [0.25, 0.3) is 0 Å². The SMILES string of the molecule is CC1CCc2c(cccc2-c2cc(N)no2)O1. The number of benzene rings is 1. The Bertz CT molecular complexity index is 548. The van der Waals surface area contributed by atoms with Gasteiger partial charge in [-0.1, -0.05) is 17.3 Å². The van der Waals surface area contributed by atoms with Crippen molar-refractivity contribution in [3.8, 4) is 17.1 Å². The first-order valence-electron chi connectivity index (χ1n) is 5.75. The highest BCUT2D eigenvalue weighted by atomic mass is 16.5. The number of hydrogen-bond acceptors (Lipinski definition) is 4. The summed E-state index contributed by atoms with van der Waals surface area (Å²) in [6.45, 7) is 2.09. The zero-order valence-corrected chi connectivity index (χ0v) is 9.64. The van der Waals surface area contributed by atoms with Crippen LogP contribution in [0.3, 0.4) is 0 Å². The average molecular weight is 230 g/mol. The molecule has 3 rings (SSSR count).